The van der Waals surface area contributed by atoms with Gasteiger partial charge in [-0.1, -0.05) is 5.16 Å². The van der Waals surface area contributed by atoms with Gasteiger partial charge in [-0.15, -0.1) is 0 Å². The molecule has 1 aliphatic rings. The number of carbonyl (C=O) groups excluding carboxylic acids is 1. The molecule has 0 radical (unpaired) electrons. The zero-order valence-corrected chi connectivity index (χ0v) is 8.76. The third kappa shape index (κ3) is 2.07. The van der Waals surface area contributed by atoms with E-state index in [9.17, 15) is 4.79 Å². The highest BCUT2D eigenvalue weighted by Gasteiger charge is 2.16. The number of hydrogen-bond donors (Lipinski definition) is 2. The van der Waals surface area contributed by atoms with E-state index in [1.54, 1.807) is 13.0 Å². The average Bonchev–Trinajstić information content (AvgIpc) is 2.48. The molecule has 0 aliphatic carbocycles. The Morgan fingerprint density at radius 3 is 2.80 bits per heavy atom. The molecule has 2 heterocycles. The highest BCUT2D eigenvalue weighted by atomic mass is 16.5. The number of carbonyl (C=O) groups is 1. The quantitative estimate of drug-likeness (QED) is 0.705. The fraction of sp³-hybridized carbons (Fsp3) is 0.400. The molecule has 1 aromatic rings. The second-order valence-electron chi connectivity index (χ2n) is 3.62. The Morgan fingerprint density at radius 1 is 1.60 bits per heavy atom. The van der Waals surface area contributed by atoms with Crippen molar-refractivity contribution >= 4 is 11.8 Å². The summed E-state index contributed by atoms with van der Waals surface area (Å²) in [5.74, 6) is 0.271. The maximum absolute atomic E-state index is 11.7. The van der Waals surface area contributed by atoms with Gasteiger partial charge < -0.3 is 9.84 Å². The summed E-state index contributed by atoms with van der Waals surface area (Å²) in [5, 5.41) is 9.44. The number of aryl methyl sites for hydroxylation is 1. The van der Waals surface area contributed by atoms with E-state index in [2.05, 4.69) is 15.8 Å². The minimum atomic E-state index is -0.123. The SMILES string of the molecule is CC(C(=O)Nc1cc(C)no1)=C1CNC1. The molecule has 5 heteroatoms. The van der Waals surface area contributed by atoms with E-state index < -0.39 is 0 Å². The van der Waals surface area contributed by atoms with Crippen molar-refractivity contribution < 1.29 is 9.32 Å². The summed E-state index contributed by atoms with van der Waals surface area (Å²) in [7, 11) is 0. The van der Waals surface area contributed by atoms with Crippen molar-refractivity contribution in [2.75, 3.05) is 18.4 Å². The first-order valence-electron chi connectivity index (χ1n) is 4.81. The fourth-order valence-electron chi connectivity index (χ4n) is 1.30. The number of rotatable bonds is 2. The van der Waals surface area contributed by atoms with E-state index in [0.717, 1.165) is 29.9 Å². The first-order valence-corrected chi connectivity index (χ1v) is 4.81. The van der Waals surface area contributed by atoms with Crippen molar-refractivity contribution in [2.24, 2.45) is 0 Å². The molecular formula is C10H13N3O2. The highest BCUT2D eigenvalue weighted by Crippen LogP contribution is 2.13. The minimum absolute atomic E-state index is 0.123. The van der Waals surface area contributed by atoms with Gasteiger partial charge in [-0.25, -0.2) is 0 Å². The van der Waals surface area contributed by atoms with Gasteiger partial charge >= 0.3 is 0 Å². The maximum Gasteiger partial charge on any atom is 0.253 e. The molecule has 0 spiro atoms. The van der Waals surface area contributed by atoms with Crippen LogP contribution in [0.15, 0.2) is 21.7 Å². The predicted molar refractivity (Wildman–Crippen MR) is 55.4 cm³/mol. The van der Waals surface area contributed by atoms with Crippen LogP contribution in [-0.2, 0) is 4.79 Å². The molecule has 0 bridgehead atoms. The van der Waals surface area contributed by atoms with E-state index in [-0.39, 0.29) is 5.91 Å². The number of aromatic nitrogens is 1. The first kappa shape index (κ1) is 9.92. The molecule has 1 saturated heterocycles. The Hall–Kier alpha value is -1.62. The standard InChI is InChI=1S/C10H13N3O2/c1-6-3-9(15-13-6)12-10(14)7(2)8-4-11-5-8/h3,11H,4-5H2,1-2H3,(H,12,14). The Kier molecular flexibility index (Phi) is 2.55. The summed E-state index contributed by atoms with van der Waals surface area (Å²) < 4.78 is 4.90. The molecule has 80 valence electrons. The van der Waals surface area contributed by atoms with Crippen LogP contribution in [0.2, 0.25) is 0 Å². The van der Waals surface area contributed by atoms with Gasteiger partial charge in [0, 0.05) is 24.7 Å². The second kappa shape index (κ2) is 3.86. The van der Waals surface area contributed by atoms with Gasteiger partial charge in [0.2, 0.25) is 5.88 Å². The molecule has 2 rings (SSSR count). The summed E-state index contributed by atoms with van der Waals surface area (Å²) in [5.41, 5.74) is 2.65. The first-order chi connectivity index (χ1) is 7.16. The van der Waals surface area contributed by atoms with E-state index in [4.69, 9.17) is 4.52 Å². The zero-order valence-electron chi connectivity index (χ0n) is 8.76. The van der Waals surface area contributed by atoms with Gasteiger partial charge in [0.25, 0.3) is 5.91 Å². The summed E-state index contributed by atoms with van der Waals surface area (Å²) >= 11 is 0. The number of nitrogens with zero attached hydrogens (tertiary/aromatic N) is 1. The van der Waals surface area contributed by atoms with Gasteiger partial charge in [0.1, 0.15) is 0 Å². The molecule has 0 aromatic carbocycles. The van der Waals surface area contributed by atoms with Gasteiger partial charge in [-0.2, -0.15) is 0 Å². The number of hydrogen-bond acceptors (Lipinski definition) is 4. The summed E-state index contributed by atoms with van der Waals surface area (Å²) in [4.78, 5) is 11.7. The Labute approximate surface area is 87.5 Å². The minimum Gasteiger partial charge on any atom is -0.338 e. The molecule has 1 aliphatic heterocycles. The molecule has 0 unspecified atom stereocenters. The van der Waals surface area contributed by atoms with Crippen LogP contribution in [0.4, 0.5) is 5.88 Å². The van der Waals surface area contributed by atoms with Crippen molar-refractivity contribution in [1.29, 1.82) is 0 Å². The van der Waals surface area contributed by atoms with Crippen LogP contribution in [0.1, 0.15) is 12.6 Å². The summed E-state index contributed by atoms with van der Waals surface area (Å²) in [6, 6.07) is 1.69. The molecule has 1 aromatic heterocycles. The average molecular weight is 207 g/mol. The van der Waals surface area contributed by atoms with Crippen LogP contribution in [0.25, 0.3) is 0 Å². The molecule has 1 amide bonds. The third-order valence-electron chi connectivity index (χ3n) is 2.41. The molecule has 0 saturated carbocycles. The smallest absolute Gasteiger partial charge is 0.253 e. The lowest BCUT2D eigenvalue weighted by molar-refractivity contribution is -0.113. The molecular weight excluding hydrogens is 194 g/mol. The number of anilines is 1. The molecule has 0 atom stereocenters. The normalized spacial score (nSPS) is 14.7. The number of nitrogens with one attached hydrogen (secondary N) is 2. The van der Waals surface area contributed by atoms with Crippen molar-refractivity contribution in [3.8, 4) is 0 Å². The van der Waals surface area contributed by atoms with Crippen LogP contribution in [0.3, 0.4) is 0 Å². The van der Waals surface area contributed by atoms with Crippen molar-refractivity contribution in [1.82, 2.24) is 10.5 Å². The lowest BCUT2D eigenvalue weighted by Gasteiger charge is -2.21. The van der Waals surface area contributed by atoms with Crippen LogP contribution < -0.4 is 10.6 Å². The van der Waals surface area contributed by atoms with Crippen molar-refractivity contribution in [3.63, 3.8) is 0 Å². The Balaban J connectivity index is 2.03. The topological polar surface area (TPSA) is 67.2 Å². The lowest BCUT2D eigenvalue weighted by Crippen LogP contribution is -2.36. The van der Waals surface area contributed by atoms with Gasteiger partial charge in [-0.3, -0.25) is 10.1 Å². The Bertz CT molecular complexity index is 414. The molecule has 5 nitrogen and oxygen atoms in total. The van der Waals surface area contributed by atoms with Crippen LogP contribution >= 0.6 is 0 Å². The van der Waals surface area contributed by atoms with E-state index in [1.165, 1.54) is 0 Å². The van der Waals surface area contributed by atoms with Crippen LogP contribution in [-0.4, -0.2) is 24.2 Å². The summed E-state index contributed by atoms with van der Waals surface area (Å²) in [6.07, 6.45) is 0. The zero-order chi connectivity index (χ0) is 10.8. The number of amides is 1. The molecule has 2 N–H and O–H groups in total. The molecule has 15 heavy (non-hydrogen) atoms. The lowest BCUT2D eigenvalue weighted by atomic mass is 10.0. The molecule has 1 fully saturated rings. The third-order valence-corrected chi connectivity index (χ3v) is 2.41. The van der Waals surface area contributed by atoms with Gasteiger partial charge in [0.15, 0.2) is 0 Å². The fourth-order valence-corrected chi connectivity index (χ4v) is 1.30. The van der Waals surface area contributed by atoms with E-state index in [0.29, 0.717) is 5.88 Å². The van der Waals surface area contributed by atoms with E-state index in [1.807, 2.05) is 6.92 Å². The highest BCUT2D eigenvalue weighted by molar-refractivity contribution is 6.03. The van der Waals surface area contributed by atoms with Gasteiger partial charge in [-0.05, 0) is 19.4 Å². The second-order valence-corrected chi connectivity index (χ2v) is 3.62. The largest absolute Gasteiger partial charge is 0.338 e. The Morgan fingerprint density at radius 2 is 2.33 bits per heavy atom. The van der Waals surface area contributed by atoms with Crippen LogP contribution in [0.5, 0.6) is 0 Å². The van der Waals surface area contributed by atoms with E-state index >= 15 is 0 Å². The van der Waals surface area contributed by atoms with Crippen LogP contribution in [0, 0.1) is 6.92 Å². The maximum atomic E-state index is 11.7. The monoisotopic (exact) mass is 207 g/mol. The summed E-state index contributed by atoms with van der Waals surface area (Å²) in [6.45, 7) is 5.22. The van der Waals surface area contributed by atoms with Crippen molar-refractivity contribution in [2.45, 2.75) is 13.8 Å². The van der Waals surface area contributed by atoms with Crippen molar-refractivity contribution in [3.05, 3.63) is 22.9 Å². The predicted octanol–water partition coefficient (Wildman–Crippen LogP) is 0.841. The van der Waals surface area contributed by atoms with Gasteiger partial charge in [0.05, 0.1) is 5.69 Å².